The van der Waals surface area contributed by atoms with E-state index < -0.39 is 23.6 Å². The maximum Gasteiger partial charge on any atom is 0.419 e. The Kier molecular flexibility index (Phi) is 4.36. The first-order valence-electron chi connectivity index (χ1n) is 8.63. The fourth-order valence-electron chi connectivity index (χ4n) is 3.11. The van der Waals surface area contributed by atoms with Gasteiger partial charge in [0.05, 0.1) is 11.8 Å². The molecule has 150 valence electrons. The van der Waals surface area contributed by atoms with Crippen molar-refractivity contribution in [3.63, 3.8) is 0 Å². The Morgan fingerprint density at radius 3 is 2.76 bits per heavy atom. The van der Waals surface area contributed by atoms with Crippen molar-refractivity contribution in [2.45, 2.75) is 25.1 Å². The first-order chi connectivity index (χ1) is 13.7. The summed E-state index contributed by atoms with van der Waals surface area (Å²) in [5.41, 5.74) is 5.52. The van der Waals surface area contributed by atoms with E-state index in [1.807, 2.05) is 0 Å². The van der Waals surface area contributed by atoms with Crippen LogP contribution in [-0.2, 0) is 15.8 Å². The molecule has 1 fully saturated rings. The molecule has 0 aliphatic carbocycles. The van der Waals surface area contributed by atoms with Crippen molar-refractivity contribution in [2.24, 2.45) is 0 Å². The van der Waals surface area contributed by atoms with Crippen LogP contribution in [-0.4, -0.2) is 32.2 Å². The van der Waals surface area contributed by atoms with Crippen molar-refractivity contribution in [2.75, 3.05) is 11.1 Å². The van der Waals surface area contributed by atoms with Gasteiger partial charge in [0, 0.05) is 29.9 Å². The molecule has 0 bridgehead atoms. The number of hydrogen-bond acceptors (Lipinski definition) is 5. The Balaban J connectivity index is 1.61. The van der Waals surface area contributed by atoms with Gasteiger partial charge in [0.15, 0.2) is 5.82 Å². The van der Waals surface area contributed by atoms with E-state index in [2.05, 4.69) is 20.6 Å². The van der Waals surface area contributed by atoms with E-state index in [1.165, 1.54) is 12.4 Å². The number of imidazole rings is 1. The number of aromatic nitrogens is 3. The number of carbonyl (C=O) groups is 2. The average Bonchev–Trinajstić information content (AvgIpc) is 3.26. The summed E-state index contributed by atoms with van der Waals surface area (Å²) in [5.74, 6) is -0.883. The van der Waals surface area contributed by atoms with Crippen molar-refractivity contribution in [3.05, 3.63) is 42.4 Å². The van der Waals surface area contributed by atoms with Crippen LogP contribution in [0.5, 0.6) is 0 Å². The summed E-state index contributed by atoms with van der Waals surface area (Å²) >= 11 is 0. The lowest BCUT2D eigenvalue weighted by Crippen LogP contribution is -2.37. The summed E-state index contributed by atoms with van der Waals surface area (Å²) in [7, 11) is 0. The predicted molar refractivity (Wildman–Crippen MR) is 97.6 cm³/mol. The number of alkyl halides is 3. The number of hydrogen-bond donors (Lipinski definition) is 3. The number of nitrogens with two attached hydrogens (primary N) is 1. The Morgan fingerprint density at radius 1 is 1.28 bits per heavy atom. The molecule has 1 aliphatic heterocycles. The van der Waals surface area contributed by atoms with Gasteiger partial charge in [-0.05, 0) is 24.6 Å². The zero-order valence-corrected chi connectivity index (χ0v) is 14.8. The van der Waals surface area contributed by atoms with Gasteiger partial charge in [-0.1, -0.05) is 0 Å². The topological polar surface area (TPSA) is 114 Å². The van der Waals surface area contributed by atoms with E-state index in [9.17, 15) is 22.8 Å². The quantitative estimate of drug-likeness (QED) is 0.619. The standard InChI is InChI=1S/C18H15F3N6O2/c19-18(20,21)11-5-10(6-23-16(11)22)9-1-3-14-25-13(8-27(14)7-9)26-17(29)12-2-4-15(28)24-12/h1,3,5-8,12H,2,4H2,(H2,22,23)(H,24,28)(H,26,29). The van der Waals surface area contributed by atoms with E-state index >= 15 is 0 Å². The van der Waals surface area contributed by atoms with Gasteiger partial charge in [0.25, 0.3) is 0 Å². The number of fused-ring (bicyclic) bond motifs is 1. The third-order valence-corrected chi connectivity index (χ3v) is 4.57. The summed E-state index contributed by atoms with van der Waals surface area (Å²) in [6.07, 6.45) is 0.453. The molecule has 1 aliphatic rings. The second-order valence-electron chi connectivity index (χ2n) is 6.61. The minimum atomic E-state index is -4.61. The molecule has 2 amide bonds. The fraction of sp³-hybridized carbons (Fsp3) is 0.222. The molecule has 1 unspecified atom stereocenters. The van der Waals surface area contributed by atoms with Crippen LogP contribution in [0.15, 0.2) is 36.8 Å². The number of carbonyl (C=O) groups excluding carboxylic acids is 2. The van der Waals surface area contributed by atoms with Crippen LogP contribution in [0, 0.1) is 0 Å². The second-order valence-corrected chi connectivity index (χ2v) is 6.61. The van der Waals surface area contributed by atoms with Gasteiger partial charge in [-0.3, -0.25) is 9.59 Å². The smallest absolute Gasteiger partial charge is 0.383 e. The Morgan fingerprint density at radius 2 is 2.07 bits per heavy atom. The van der Waals surface area contributed by atoms with Crippen LogP contribution >= 0.6 is 0 Å². The van der Waals surface area contributed by atoms with Crippen LogP contribution in [0.1, 0.15) is 18.4 Å². The number of pyridine rings is 2. The van der Waals surface area contributed by atoms with E-state index in [4.69, 9.17) is 5.73 Å². The lowest BCUT2D eigenvalue weighted by atomic mass is 10.1. The van der Waals surface area contributed by atoms with Crippen LogP contribution < -0.4 is 16.4 Å². The lowest BCUT2D eigenvalue weighted by molar-refractivity contribution is -0.137. The second kappa shape index (κ2) is 6.76. The third-order valence-electron chi connectivity index (χ3n) is 4.57. The van der Waals surface area contributed by atoms with Gasteiger partial charge in [-0.2, -0.15) is 13.2 Å². The molecule has 1 saturated heterocycles. The van der Waals surface area contributed by atoms with Crippen LogP contribution in [0.2, 0.25) is 0 Å². The molecule has 4 rings (SSSR count). The fourth-order valence-corrected chi connectivity index (χ4v) is 3.11. The highest BCUT2D eigenvalue weighted by Crippen LogP contribution is 2.35. The molecule has 0 saturated carbocycles. The van der Waals surface area contributed by atoms with Crippen LogP contribution in [0.25, 0.3) is 16.8 Å². The van der Waals surface area contributed by atoms with Gasteiger partial charge in [0.2, 0.25) is 11.8 Å². The van der Waals surface area contributed by atoms with Gasteiger partial charge in [-0.25, -0.2) is 9.97 Å². The number of nitrogens with one attached hydrogen (secondary N) is 2. The molecular weight excluding hydrogens is 389 g/mol. The summed E-state index contributed by atoms with van der Waals surface area (Å²) in [6, 6.07) is 3.53. The molecule has 0 aromatic carbocycles. The number of rotatable bonds is 3. The summed E-state index contributed by atoms with van der Waals surface area (Å²) in [4.78, 5) is 31.3. The first-order valence-corrected chi connectivity index (χ1v) is 8.63. The molecule has 3 aromatic heterocycles. The van der Waals surface area contributed by atoms with Crippen molar-refractivity contribution >= 4 is 29.1 Å². The largest absolute Gasteiger partial charge is 0.419 e. The van der Waals surface area contributed by atoms with E-state index in [1.54, 1.807) is 22.7 Å². The average molecular weight is 404 g/mol. The Bertz CT molecular complexity index is 1120. The van der Waals surface area contributed by atoms with Crippen molar-refractivity contribution in [3.8, 4) is 11.1 Å². The number of anilines is 2. The minimum Gasteiger partial charge on any atom is -0.383 e. The van der Waals surface area contributed by atoms with E-state index in [-0.39, 0.29) is 23.2 Å². The molecule has 0 spiro atoms. The molecule has 3 aromatic rings. The van der Waals surface area contributed by atoms with Crippen molar-refractivity contribution in [1.29, 1.82) is 0 Å². The number of halogens is 3. The molecular formula is C18H15F3N6O2. The predicted octanol–water partition coefficient (Wildman–Crippen LogP) is 2.21. The summed E-state index contributed by atoms with van der Waals surface area (Å²) in [5, 5.41) is 5.19. The molecule has 8 nitrogen and oxygen atoms in total. The molecule has 4 heterocycles. The van der Waals surface area contributed by atoms with Gasteiger partial charge >= 0.3 is 6.18 Å². The highest BCUT2D eigenvalue weighted by molar-refractivity contribution is 5.98. The van der Waals surface area contributed by atoms with Crippen molar-refractivity contribution in [1.82, 2.24) is 19.7 Å². The van der Waals surface area contributed by atoms with E-state index in [0.29, 0.717) is 24.1 Å². The monoisotopic (exact) mass is 404 g/mol. The zero-order valence-electron chi connectivity index (χ0n) is 14.8. The van der Waals surface area contributed by atoms with Gasteiger partial charge in [0.1, 0.15) is 17.5 Å². The van der Waals surface area contributed by atoms with E-state index in [0.717, 1.165) is 6.07 Å². The highest BCUT2D eigenvalue weighted by atomic mass is 19.4. The summed E-state index contributed by atoms with van der Waals surface area (Å²) in [6.45, 7) is 0. The molecule has 0 radical (unpaired) electrons. The van der Waals surface area contributed by atoms with Crippen molar-refractivity contribution < 1.29 is 22.8 Å². The number of amides is 2. The third kappa shape index (κ3) is 3.71. The van der Waals surface area contributed by atoms with Gasteiger partial charge in [-0.15, -0.1) is 0 Å². The normalized spacial score (nSPS) is 16.8. The number of nitrogens with zero attached hydrogens (tertiary/aromatic N) is 3. The molecule has 29 heavy (non-hydrogen) atoms. The maximum absolute atomic E-state index is 13.1. The first kappa shape index (κ1) is 18.7. The molecule has 4 N–H and O–H groups in total. The molecule has 1 atom stereocenters. The van der Waals surface area contributed by atoms with Crippen LogP contribution in [0.4, 0.5) is 24.8 Å². The Labute approximate surface area is 161 Å². The zero-order chi connectivity index (χ0) is 20.8. The minimum absolute atomic E-state index is 0.180. The molecule has 11 heteroatoms. The highest BCUT2D eigenvalue weighted by Gasteiger charge is 2.34. The lowest BCUT2D eigenvalue weighted by Gasteiger charge is -2.11. The number of nitrogen functional groups attached to an aromatic ring is 1. The van der Waals surface area contributed by atoms with Gasteiger partial charge < -0.3 is 20.8 Å². The van der Waals surface area contributed by atoms with Crippen LogP contribution in [0.3, 0.4) is 0 Å². The maximum atomic E-state index is 13.1. The SMILES string of the molecule is Nc1ncc(-c2ccc3nc(NC(=O)C4CCC(=O)N4)cn3c2)cc1C(F)(F)F. The Hall–Kier alpha value is -3.63. The summed E-state index contributed by atoms with van der Waals surface area (Å²) < 4.78 is 40.8.